The summed E-state index contributed by atoms with van der Waals surface area (Å²) in [6.07, 6.45) is 1.37. The number of aliphatic hydroxyl groups excluding tert-OH is 1. The van der Waals surface area contributed by atoms with Crippen LogP contribution in [-0.4, -0.2) is 71.8 Å². The van der Waals surface area contributed by atoms with Crippen LogP contribution in [-0.2, 0) is 23.9 Å². The van der Waals surface area contributed by atoms with E-state index in [4.69, 9.17) is 4.74 Å². The minimum Gasteiger partial charge on any atom is -0.468 e. The molecule has 33 heavy (non-hydrogen) atoms. The number of alkyl carbamates (subject to hydrolysis) is 1. The van der Waals surface area contributed by atoms with Crippen LogP contribution in [0.15, 0.2) is 30.3 Å². The fraction of sp³-hybridized carbons (Fsp3) is 0.565. The first-order valence-electron chi connectivity index (χ1n) is 10.9. The van der Waals surface area contributed by atoms with Gasteiger partial charge in [-0.1, -0.05) is 30.3 Å². The summed E-state index contributed by atoms with van der Waals surface area (Å²) in [5, 5.41) is 14.8. The molecule has 1 aromatic rings. The summed E-state index contributed by atoms with van der Waals surface area (Å²) in [4.78, 5) is 51.9. The van der Waals surface area contributed by atoms with E-state index >= 15 is 0 Å². The van der Waals surface area contributed by atoms with Crippen LogP contribution < -0.4 is 10.6 Å². The Bertz CT molecular complexity index is 834. The quantitative estimate of drug-likeness (QED) is 0.470. The molecule has 0 aromatic heterocycles. The number of benzene rings is 1. The molecule has 2 unspecified atom stereocenters. The molecular formula is C23H33N3O7. The number of ether oxygens (including phenoxy) is 2. The molecule has 3 amide bonds. The van der Waals surface area contributed by atoms with Crippen LogP contribution in [0.1, 0.15) is 51.6 Å². The van der Waals surface area contributed by atoms with E-state index in [2.05, 4.69) is 15.4 Å². The van der Waals surface area contributed by atoms with E-state index in [1.807, 2.05) is 0 Å². The largest absolute Gasteiger partial charge is 0.468 e. The molecule has 182 valence electrons. The zero-order chi connectivity index (χ0) is 24.6. The molecule has 0 saturated heterocycles. The highest BCUT2D eigenvalue weighted by Gasteiger charge is 2.41. The number of aliphatic hydroxyl groups is 1. The van der Waals surface area contributed by atoms with Crippen LogP contribution in [0.25, 0.3) is 0 Å². The van der Waals surface area contributed by atoms with Crippen LogP contribution >= 0.6 is 0 Å². The predicted molar refractivity (Wildman–Crippen MR) is 119 cm³/mol. The monoisotopic (exact) mass is 463 g/mol. The standard InChI is InChI=1S/C23H33N3O7/c1-23(2,3)33-22(31)25-17(14-27)21(30)26(16-11-8-12-16)19(15-9-6-5-7-10-15)20(29)24-13-18(28)32-4/h5-7,9-10,16-17,19,27H,8,11-14H2,1-4H3,(H,24,29)(H,25,31). The number of nitrogens with zero attached hydrogens (tertiary/aromatic N) is 1. The summed E-state index contributed by atoms with van der Waals surface area (Å²) >= 11 is 0. The number of hydrogen-bond donors (Lipinski definition) is 3. The predicted octanol–water partition coefficient (Wildman–Crippen LogP) is 1.28. The molecule has 3 N–H and O–H groups in total. The first kappa shape index (κ1) is 26.1. The van der Waals surface area contributed by atoms with Gasteiger partial charge in [0.1, 0.15) is 24.2 Å². The number of carbonyl (C=O) groups is 4. The first-order chi connectivity index (χ1) is 15.6. The van der Waals surface area contributed by atoms with Gasteiger partial charge in [-0.2, -0.15) is 0 Å². The molecule has 0 bridgehead atoms. The van der Waals surface area contributed by atoms with Crippen LogP contribution in [0.4, 0.5) is 4.79 Å². The molecule has 10 heteroatoms. The lowest BCUT2D eigenvalue weighted by molar-refractivity contribution is -0.149. The van der Waals surface area contributed by atoms with Gasteiger partial charge in [0.25, 0.3) is 0 Å². The Hall–Kier alpha value is -3.14. The number of esters is 1. The molecule has 1 fully saturated rings. The molecule has 0 heterocycles. The third kappa shape index (κ3) is 7.45. The maximum Gasteiger partial charge on any atom is 0.408 e. The molecule has 2 atom stereocenters. The van der Waals surface area contributed by atoms with Crippen molar-refractivity contribution < 1.29 is 33.8 Å². The van der Waals surface area contributed by atoms with Gasteiger partial charge in [-0.05, 0) is 45.6 Å². The lowest BCUT2D eigenvalue weighted by Crippen LogP contribution is -2.58. The molecule has 1 aliphatic rings. The Labute approximate surface area is 193 Å². The number of nitrogens with one attached hydrogen (secondary N) is 2. The van der Waals surface area contributed by atoms with Crippen molar-refractivity contribution in [3.05, 3.63) is 35.9 Å². The Morgan fingerprint density at radius 2 is 1.79 bits per heavy atom. The molecule has 2 rings (SSSR count). The van der Waals surface area contributed by atoms with E-state index in [1.165, 1.54) is 12.0 Å². The third-order valence-electron chi connectivity index (χ3n) is 5.17. The topological polar surface area (TPSA) is 134 Å². The number of rotatable bonds is 9. The Balaban J connectivity index is 2.35. The molecule has 1 saturated carbocycles. The van der Waals surface area contributed by atoms with Crippen molar-refractivity contribution in [2.75, 3.05) is 20.3 Å². The zero-order valence-electron chi connectivity index (χ0n) is 19.5. The maximum absolute atomic E-state index is 13.5. The summed E-state index contributed by atoms with van der Waals surface area (Å²) in [5.74, 6) is -1.81. The second-order valence-electron chi connectivity index (χ2n) is 8.82. The summed E-state index contributed by atoms with van der Waals surface area (Å²) < 4.78 is 9.79. The van der Waals surface area contributed by atoms with Gasteiger partial charge in [0.05, 0.1) is 13.7 Å². The van der Waals surface area contributed by atoms with E-state index < -0.39 is 48.2 Å². The lowest BCUT2D eigenvalue weighted by atomic mass is 9.88. The minimum atomic E-state index is -1.31. The highest BCUT2D eigenvalue weighted by atomic mass is 16.6. The van der Waals surface area contributed by atoms with E-state index in [0.717, 1.165) is 6.42 Å². The van der Waals surface area contributed by atoms with E-state index in [1.54, 1.807) is 51.1 Å². The minimum absolute atomic E-state index is 0.263. The SMILES string of the molecule is COC(=O)CNC(=O)C(c1ccccc1)N(C(=O)C(CO)NC(=O)OC(C)(C)C)C1CCC1. The number of amides is 3. The lowest BCUT2D eigenvalue weighted by Gasteiger charge is -2.43. The van der Waals surface area contributed by atoms with E-state index in [9.17, 15) is 24.3 Å². The summed E-state index contributed by atoms with van der Waals surface area (Å²) in [6.45, 7) is 4.01. The Morgan fingerprint density at radius 3 is 2.27 bits per heavy atom. The van der Waals surface area contributed by atoms with Gasteiger partial charge >= 0.3 is 12.1 Å². The van der Waals surface area contributed by atoms with Crippen molar-refractivity contribution in [1.29, 1.82) is 0 Å². The average molecular weight is 464 g/mol. The van der Waals surface area contributed by atoms with Gasteiger partial charge in [0.2, 0.25) is 11.8 Å². The fourth-order valence-electron chi connectivity index (χ4n) is 3.40. The second kappa shape index (κ2) is 11.6. The van der Waals surface area contributed by atoms with Gasteiger partial charge in [-0.3, -0.25) is 14.4 Å². The zero-order valence-corrected chi connectivity index (χ0v) is 19.5. The normalized spacial score (nSPS) is 15.4. The van der Waals surface area contributed by atoms with Gasteiger partial charge in [0, 0.05) is 6.04 Å². The average Bonchev–Trinajstić information content (AvgIpc) is 2.73. The van der Waals surface area contributed by atoms with Crippen molar-refractivity contribution in [1.82, 2.24) is 15.5 Å². The van der Waals surface area contributed by atoms with Crippen molar-refractivity contribution in [3.8, 4) is 0 Å². The summed E-state index contributed by atoms with van der Waals surface area (Å²) in [6, 6.07) is 6.03. The highest BCUT2D eigenvalue weighted by Crippen LogP contribution is 2.33. The van der Waals surface area contributed by atoms with E-state index in [0.29, 0.717) is 18.4 Å². The van der Waals surface area contributed by atoms with Crippen molar-refractivity contribution in [3.63, 3.8) is 0 Å². The van der Waals surface area contributed by atoms with Crippen LogP contribution in [0, 0.1) is 0 Å². The second-order valence-corrected chi connectivity index (χ2v) is 8.82. The first-order valence-corrected chi connectivity index (χ1v) is 10.9. The molecular weight excluding hydrogens is 430 g/mol. The van der Waals surface area contributed by atoms with Crippen molar-refractivity contribution >= 4 is 23.9 Å². The van der Waals surface area contributed by atoms with Crippen molar-refractivity contribution in [2.24, 2.45) is 0 Å². The Kier molecular flexibility index (Phi) is 9.22. The number of hydrogen-bond acceptors (Lipinski definition) is 7. The molecule has 0 spiro atoms. The van der Waals surface area contributed by atoms with Gasteiger partial charge in [-0.15, -0.1) is 0 Å². The van der Waals surface area contributed by atoms with Crippen molar-refractivity contribution in [2.45, 2.75) is 63.8 Å². The van der Waals surface area contributed by atoms with Crippen LogP contribution in [0.3, 0.4) is 0 Å². The molecule has 0 radical (unpaired) electrons. The molecule has 1 aromatic carbocycles. The van der Waals surface area contributed by atoms with E-state index in [-0.39, 0.29) is 12.6 Å². The van der Waals surface area contributed by atoms with Crippen LogP contribution in [0.2, 0.25) is 0 Å². The van der Waals surface area contributed by atoms with Gasteiger partial charge in [0.15, 0.2) is 0 Å². The Morgan fingerprint density at radius 1 is 1.15 bits per heavy atom. The summed E-state index contributed by atoms with van der Waals surface area (Å²) in [5.41, 5.74) is -0.254. The maximum atomic E-state index is 13.5. The third-order valence-corrected chi connectivity index (χ3v) is 5.17. The molecule has 0 aliphatic heterocycles. The number of methoxy groups -OCH3 is 1. The fourth-order valence-corrected chi connectivity index (χ4v) is 3.40. The van der Waals surface area contributed by atoms with Gasteiger partial charge < -0.3 is 30.1 Å². The number of carbonyl (C=O) groups excluding carboxylic acids is 4. The molecule has 10 nitrogen and oxygen atoms in total. The smallest absolute Gasteiger partial charge is 0.408 e. The van der Waals surface area contributed by atoms with Crippen LogP contribution in [0.5, 0.6) is 0 Å². The summed E-state index contributed by atoms with van der Waals surface area (Å²) in [7, 11) is 1.21. The molecule has 1 aliphatic carbocycles. The van der Waals surface area contributed by atoms with Gasteiger partial charge in [-0.25, -0.2) is 4.79 Å². The highest BCUT2D eigenvalue weighted by molar-refractivity contribution is 5.93.